The molecular weight excluding hydrogens is 275 g/mol. The van der Waals surface area contributed by atoms with Gasteiger partial charge in [0.25, 0.3) is 0 Å². The predicted octanol–water partition coefficient (Wildman–Crippen LogP) is 3.08. The molecule has 0 atom stereocenters. The van der Waals surface area contributed by atoms with Crippen LogP contribution >= 0.6 is 0 Å². The van der Waals surface area contributed by atoms with Crippen molar-refractivity contribution in [1.82, 2.24) is 0 Å². The van der Waals surface area contributed by atoms with Crippen molar-refractivity contribution in [2.75, 3.05) is 14.2 Å². The van der Waals surface area contributed by atoms with Crippen LogP contribution in [0.15, 0.2) is 18.2 Å². The van der Waals surface area contributed by atoms with Crippen LogP contribution in [0.3, 0.4) is 0 Å². The van der Waals surface area contributed by atoms with Gasteiger partial charge in [-0.15, -0.1) is 0 Å². The van der Waals surface area contributed by atoms with E-state index in [9.17, 15) is 9.18 Å². The fourth-order valence-corrected chi connectivity index (χ4v) is 2.66. The maximum atomic E-state index is 14.0. The molecule has 0 bridgehead atoms. The van der Waals surface area contributed by atoms with E-state index in [-0.39, 0.29) is 36.2 Å². The van der Waals surface area contributed by atoms with Crippen LogP contribution in [0.5, 0.6) is 5.75 Å². The first-order valence-corrected chi connectivity index (χ1v) is 7.16. The molecule has 1 aromatic carbocycles. The highest BCUT2D eigenvalue weighted by Crippen LogP contribution is 2.28. The first-order chi connectivity index (χ1) is 10.2. The summed E-state index contributed by atoms with van der Waals surface area (Å²) in [5, 5.41) is 0. The van der Waals surface area contributed by atoms with Gasteiger partial charge < -0.3 is 14.2 Å². The zero-order valence-corrected chi connectivity index (χ0v) is 12.4. The minimum atomic E-state index is -0.372. The average Bonchev–Trinajstić information content (AvgIpc) is 2.53. The summed E-state index contributed by atoms with van der Waals surface area (Å²) in [4.78, 5) is 11.4. The molecular formula is C16H21FO4. The first kappa shape index (κ1) is 15.8. The van der Waals surface area contributed by atoms with Gasteiger partial charge in [0.2, 0.25) is 0 Å². The standard InChI is InChI=1S/C16H21FO4/c1-19-14-5-3-4-12(15(14)17)10-21-13-8-6-11(7-9-13)16(18)20-2/h3-5,11,13H,6-10H2,1-2H3. The molecule has 1 aliphatic rings. The maximum absolute atomic E-state index is 14.0. The van der Waals surface area contributed by atoms with Gasteiger partial charge in [0.15, 0.2) is 11.6 Å². The van der Waals surface area contributed by atoms with E-state index in [1.807, 2.05) is 0 Å². The molecule has 0 spiro atoms. The van der Waals surface area contributed by atoms with Crippen molar-refractivity contribution in [3.8, 4) is 5.75 Å². The minimum absolute atomic E-state index is 0.0246. The van der Waals surface area contributed by atoms with E-state index in [1.165, 1.54) is 14.2 Å². The van der Waals surface area contributed by atoms with Crippen LogP contribution in [0.2, 0.25) is 0 Å². The van der Waals surface area contributed by atoms with Gasteiger partial charge in [-0.1, -0.05) is 12.1 Å². The van der Waals surface area contributed by atoms with Crippen LogP contribution in [-0.2, 0) is 20.9 Å². The fraction of sp³-hybridized carbons (Fsp3) is 0.562. The number of ether oxygens (including phenoxy) is 3. The molecule has 0 radical (unpaired) electrons. The molecule has 4 nitrogen and oxygen atoms in total. The van der Waals surface area contributed by atoms with Gasteiger partial charge in [-0.2, -0.15) is 0 Å². The number of benzene rings is 1. The lowest BCUT2D eigenvalue weighted by Gasteiger charge is -2.27. The van der Waals surface area contributed by atoms with Gasteiger partial charge in [0, 0.05) is 5.56 Å². The molecule has 0 N–H and O–H groups in total. The summed E-state index contributed by atoms with van der Waals surface area (Å²) in [6.07, 6.45) is 3.18. The van der Waals surface area contributed by atoms with E-state index in [0.717, 1.165) is 25.7 Å². The highest BCUT2D eigenvalue weighted by atomic mass is 19.1. The van der Waals surface area contributed by atoms with Crippen molar-refractivity contribution in [2.24, 2.45) is 5.92 Å². The van der Waals surface area contributed by atoms with Crippen molar-refractivity contribution in [1.29, 1.82) is 0 Å². The van der Waals surface area contributed by atoms with E-state index >= 15 is 0 Å². The molecule has 0 aromatic heterocycles. The Morgan fingerprint density at radius 2 is 1.95 bits per heavy atom. The summed E-state index contributed by atoms with van der Waals surface area (Å²) in [5.74, 6) is -0.315. The Bertz CT molecular complexity index is 481. The van der Waals surface area contributed by atoms with Crippen LogP contribution in [-0.4, -0.2) is 26.3 Å². The number of esters is 1. The molecule has 1 aliphatic carbocycles. The largest absolute Gasteiger partial charge is 0.494 e. The number of hydrogen-bond donors (Lipinski definition) is 0. The van der Waals surface area contributed by atoms with Crippen molar-refractivity contribution >= 4 is 5.97 Å². The van der Waals surface area contributed by atoms with Crippen LogP contribution in [0.25, 0.3) is 0 Å². The van der Waals surface area contributed by atoms with Gasteiger partial charge in [-0.25, -0.2) is 4.39 Å². The van der Waals surface area contributed by atoms with Crippen molar-refractivity contribution in [2.45, 2.75) is 38.4 Å². The van der Waals surface area contributed by atoms with Crippen LogP contribution in [0.4, 0.5) is 4.39 Å². The summed E-state index contributed by atoms with van der Waals surface area (Å²) >= 11 is 0. The molecule has 0 heterocycles. The topological polar surface area (TPSA) is 44.8 Å². The Labute approximate surface area is 124 Å². The van der Waals surface area contributed by atoms with E-state index < -0.39 is 0 Å². The van der Waals surface area contributed by atoms with E-state index in [2.05, 4.69) is 0 Å². The quantitative estimate of drug-likeness (QED) is 0.783. The Hall–Kier alpha value is -1.62. The summed E-state index contributed by atoms with van der Waals surface area (Å²) in [5.41, 5.74) is 0.490. The Morgan fingerprint density at radius 3 is 2.57 bits per heavy atom. The minimum Gasteiger partial charge on any atom is -0.494 e. The van der Waals surface area contributed by atoms with Gasteiger partial charge in [-0.05, 0) is 31.7 Å². The molecule has 0 saturated heterocycles. The lowest BCUT2D eigenvalue weighted by molar-refractivity contribution is -0.147. The summed E-state index contributed by atoms with van der Waals surface area (Å²) in [6, 6.07) is 5.02. The normalized spacial score (nSPS) is 21.9. The van der Waals surface area contributed by atoms with Crippen LogP contribution in [0.1, 0.15) is 31.2 Å². The second kappa shape index (κ2) is 7.41. The lowest BCUT2D eigenvalue weighted by Crippen LogP contribution is -2.27. The van der Waals surface area contributed by atoms with Crippen LogP contribution in [0, 0.1) is 11.7 Å². The smallest absolute Gasteiger partial charge is 0.308 e. The molecule has 1 aromatic rings. The molecule has 0 aliphatic heterocycles. The third kappa shape index (κ3) is 3.94. The highest BCUT2D eigenvalue weighted by Gasteiger charge is 2.27. The molecule has 0 amide bonds. The Balaban J connectivity index is 1.84. The van der Waals surface area contributed by atoms with E-state index in [4.69, 9.17) is 14.2 Å². The van der Waals surface area contributed by atoms with Crippen molar-refractivity contribution in [3.05, 3.63) is 29.6 Å². The molecule has 1 saturated carbocycles. The zero-order valence-electron chi connectivity index (χ0n) is 12.4. The fourth-order valence-electron chi connectivity index (χ4n) is 2.66. The number of hydrogen-bond acceptors (Lipinski definition) is 4. The summed E-state index contributed by atoms with van der Waals surface area (Å²) in [7, 11) is 2.85. The van der Waals surface area contributed by atoms with Crippen LogP contribution < -0.4 is 4.74 Å². The maximum Gasteiger partial charge on any atom is 0.308 e. The second-order valence-electron chi connectivity index (χ2n) is 5.24. The number of carbonyl (C=O) groups excluding carboxylic acids is 1. The number of methoxy groups -OCH3 is 2. The molecule has 5 heteroatoms. The third-order valence-corrected chi connectivity index (χ3v) is 3.95. The highest BCUT2D eigenvalue weighted by molar-refractivity contribution is 5.72. The van der Waals surface area contributed by atoms with Gasteiger partial charge in [0.1, 0.15) is 0 Å². The number of halogens is 1. The summed E-state index contributed by atoms with van der Waals surface area (Å²) in [6.45, 7) is 0.219. The third-order valence-electron chi connectivity index (χ3n) is 3.95. The lowest BCUT2D eigenvalue weighted by atomic mass is 9.87. The zero-order chi connectivity index (χ0) is 15.2. The molecule has 116 valence electrons. The number of carbonyl (C=O) groups is 1. The average molecular weight is 296 g/mol. The number of rotatable bonds is 5. The van der Waals surface area contributed by atoms with Gasteiger partial charge >= 0.3 is 5.97 Å². The monoisotopic (exact) mass is 296 g/mol. The first-order valence-electron chi connectivity index (χ1n) is 7.16. The van der Waals surface area contributed by atoms with E-state index in [0.29, 0.717) is 5.56 Å². The summed E-state index contributed by atoms with van der Waals surface area (Å²) < 4.78 is 29.4. The van der Waals surface area contributed by atoms with Gasteiger partial charge in [0.05, 0.1) is 32.8 Å². The molecule has 1 fully saturated rings. The second-order valence-corrected chi connectivity index (χ2v) is 5.24. The Kier molecular flexibility index (Phi) is 5.56. The van der Waals surface area contributed by atoms with Crippen molar-refractivity contribution < 1.29 is 23.4 Å². The molecule has 0 unspecified atom stereocenters. The predicted molar refractivity (Wildman–Crippen MR) is 75.5 cm³/mol. The van der Waals surface area contributed by atoms with E-state index in [1.54, 1.807) is 18.2 Å². The molecule has 21 heavy (non-hydrogen) atoms. The van der Waals surface area contributed by atoms with Crippen molar-refractivity contribution in [3.63, 3.8) is 0 Å². The SMILES string of the molecule is COC(=O)C1CCC(OCc2cccc(OC)c2F)CC1. The van der Waals surface area contributed by atoms with Gasteiger partial charge in [-0.3, -0.25) is 4.79 Å². The molecule has 2 rings (SSSR count). The Morgan fingerprint density at radius 1 is 1.24 bits per heavy atom.